The third kappa shape index (κ3) is 3.99. The summed E-state index contributed by atoms with van der Waals surface area (Å²) in [5, 5.41) is 3.06. The number of hydrogen-bond donors (Lipinski definition) is 1. The molecule has 0 bridgehead atoms. The molecule has 0 aliphatic rings. The molecular formula is C16H15ClF3N. The fourth-order valence-electron chi connectivity index (χ4n) is 2.20. The number of rotatable bonds is 5. The summed E-state index contributed by atoms with van der Waals surface area (Å²) >= 11 is 5.74. The maximum absolute atomic E-state index is 13.7. The smallest absolute Gasteiger partial charge is 0.141 e. The van der Waals surface area contributed by atoms with Crippen LogP contribution in [0.15, 0.2) is 36.4 Å². The van der Waals surface area contributed by atoms with E-state index >= 15 is 0 Å². The van der Waals surface area contributed by atoms with Crippen LogP contribution in [0.1, 0.15) is 11.1 Å². The highest BCUT2D eigenvalue weighted by Gasteiger charge is 2.15. The van der Waals surface area contributed by atoms with Gasteiger partial charge in [0, 0.05) is 11.6 Å². The van der Waals surface area contributed by atoms with E-state index in [2.05, 4.69) is 5.32 Å². The Hall–Kier alpha value is -1.52. The Morgan fingerprint density at radius 3 is 2.24 bits per heavy atom. The summed E-state index contributed by atoms with van der Waals surface area (Å²) in [6, 6.07) is 8.05. The summed E-state index contributed by atoms with van der Waals surface area (Å²) in [4.78, 5) is 0. The Labute approximate surface area is 126 Å². The predicted molar refractivity (Wildman–Crippen MR) is 78.0 cm³/mol. The molecule has 2 aromatic rings. The van der Waals surface area contributed by atoms with E-state index in [9.17, 15) is 13.2 Å². The molecule has 0 aliphatic carbocycles. The van der Waals surface area contributed by atoms with E-state index in [1.54, 1.807) is 13.1 Å². The van der Waals surface area contributed by atoms with Gasteiger partial charge in [-0.15, -0.1) is 0 Å². The van der Waals surface area contributed by atoms with Crippen molar-refractivity contribution in [3.8, 4) is 0 Å². The van der Waals surface area contributed by atoms with Gasteiger partial charge in [0.2, 0.25) is 0 Å². The first kappa shape index (κ1) is 15.9. The molecule has 21 heavy (non-hydrogen) atoms. The average molecular weight is 314 g/mol. The molecular weight excluding hydrogens is 299 g/mol. The van der Waals surface area contributed by atoms with E-state index in [1.165, 1.54) is 30.3 Å². The van der Waals surface area contributed by atoms with Crippen molar-refractivity contribution in [1.29, 1.82) is 0 Å². The van der Waals surface area contributed by atoms with Gasteiger partial charge in [-0.1, -0.05) is 23.7 Å². The second-order valence-corrected chi connectivity index (χ2v) is 5.25. The third-order valence-corrected chi connectivity index (χ3v) is 3.68. The second kappa shape index (κ2) is 6.96. The molecule has 0 aliphatic heterocycles. The van der Waals surface area contributed by atoms with Gasteiger partial charge in [-0.3, -0.25) is 0 Å². The largest absolute Gasteiger partial charge is 0.316 e. The quantitative estimate of drug-likeness (QED) is 0.875. The van der Waals surface area contributed by atoms with Gasteiger partial charge < -0.3 is 5.32 Å². The molecule has 1 nitrogen and oxygen atoms in total. The van der Waals surface area contributed by atoms with Crippen molar-refractivity contribution in [1.82, 2.24) is 5.32 Å². The lowest BCUT2D eigenvalue weighted by molar-refractivity contribution is 0.501. The van der Waals surface area contributed by atoms with E-state index in [0.717, 1.165) is 5.56 Å². The first-order chi connectivity index (χ1) is 10.0. The molecule has 1 atom stereocenters. The molecule has 0 saturated carbocycles. The Balaban J connectivity index is 2.15. The van der Waals surface area contributed by atoms with Gasteiger partial charge in [-0.2, -0.15) is 0 Å². The minimum Gasteiger partial charge on any atom is -0.316 e. The Kier molecular flexibility index (Phi) is 5.26. The molecule has 0 fully saturated rings. The molecule has 0 amide bonds. The van der Waals surface area contributed by atoms with E-state index in [1.807, 2.05) is 0 Å². The summed E-state index contributed by atoms with van der Waals surface area (Å²) in [6.07, 6.45) is 0.689. The van der Waals surface area contributed by atoms with Crippen LogP contribution in [0.25, 0.3) is 0 Å². The van der Waals surface area contributed by atoms with Crippen LogP contribution in [-0.2, 0) is 12.8 Å². The molecule has 2 rings (SSSR count). The van der Waals surface area contributed by atoms with Crippen molar-refractivity contribution in [3.63, 3.8) is 0 Å². The molecule has 1 unspecified atom stereocenters. The van der Waals surface area contributed by atoms with Crippen LogP contribution in [-0.4, -0.2) is 13.1 Å². The minimum absolute atomic E-state index is 0.0411. The van der Waals surface area contributed by atoms with Gasteiger partial charge in [0.15, 0.2) is 0 Å². The first-order valence-electron chi connectivity index (χ1n) is 6.55. The van der Waals surface area contributed by atoms with Crippen molar-refractivity contribution in [2.45, 2.75) is 18.9 Å². The number of halogens is 4. The lowest BCUT2D eigenvalue weighted by atomic mass is 9.98. The molecule has 0 heterocycles. The third-order valence-electron chi connectivity index (χ3n) is 3.39. The number of nitrogens with one attached hydrogen (secondary N) is 1. The zero-order valence-electron chi connectivity index (χ0n) is 11.5. The summed E-state index contributed by atoms with van der Waals surface area (Å²) in [5.74, 6) is -1.61. The second-order valence-electron chi connectivity index (χ2n) is 4.84. The van der Waals surface area contributed by atoms with E-state index in [4.69, 9.17) is 11.6 Å². The maximum atomic E-state index is 13.7. The van der Waals surface area contributed by atoms with Gasteiger partial charge in [0.25, 0.3) is 0 Å². The molecule has 0 aromatic heterocycles. The lowest BCUT2D eigenvalue weighted by Gasteiger charge is -2.17. The Morgan fingerprint density at radius 1 is 1.00 bits per heavy atom. The topological polar surface area (TPSA) is 12.0 Å². The zero-order valence-corrected chi connectivity index (χ0v) is 12.2. The summed E-state index contributed by atoms with van der Waals surface area (Å²) in [5.41, 5.74) is 0.850. The van der Waals surface area contributed by atoms with Crippen molar-refractivity contribution < 1.29 is 13.2 Å². The molecule has 2 aromatic carbocycles. The average Bonchev–Trinajstić information content (AvgIpc) is 2.45. The molecule has 112 valence electrons. The van der Waals surface area contributed by atoms with Crippen molar-refractivity contribution in [3.05, 3.63) is 70.0 Å². The zero-order chi connectivity index (χ0) is 15.4. The highest BCUT2D eigenvalue weighted by Crippen LogP contribution is 2.19. The Bertz CT molecular complexity index is 611. The van der Waals surface area contributed by atoms with E-state index in [0.29, 0.717) is 6.42 Å². The molecule has 5 heteroatoms. The Morgan fingerprint density at radius 2 is 1.67 bits per heavy atom. The van der Waals surface area contributed by atoms with Crippen LogP contribution in [0.4, 0.5) is 13.2 Å². The van der Waals surface area contributed by atoms with Crippen molar-refractivity contribution >= 4 is 11.6 Å². The van der Waals surface area contributed by atoms with Gasteiger partial charge in [-0.25, -0.2) is 13.2 Å². The number of likely N-dealkylation sites (N-methyl/N-ethyl adjacent to an activating group) is 1. The molecule has 0 spiro atoms. The van der Waals surface area contributed by atoms with Crippen LogP contribution in [0.3, 0.4) is 0 Å². The molecule has 0 radical (unpaired) electrons. The normalized spacial score (nSPS) is 12.4. The van der Waals surface area contributed by atoms with E-state index in [-0.39, 0.29) is 23.0 Å². The summed E-state index contributed by atoms with van der Waals surface area (Å²) in [6.45, 7) is 0. The first-order valence-corrected chi connectivity index (χ1v) is 6.93. The molecule has 0 saturated heterocycles. The molecule has 1 N–H and O–H groups in total. The fraction of sp³-hybridized carbons (Fsp3) is 0.250. The van der Waals surface area contributed by atoms with Crippen LogP contribution >= 0.6 is 11.6 Å². The van der Waals surface area contributed by atoms with Crippen LogP contribution in [0.5, 0.6) is 0 Å². The number of hydrogen-bond acceptors (Lipinski definition) is 1. The van der Waals surface area contributed by atoms with Crippen LogP contribution in [0.2, 0.25) is 5.02 Å². The predicted octanol–water partition coefficient (Wildman–Crippen LogP) is 4.13. The minimum atomic E-state index is -0.563. The van der Waals surface area contributed by atoms with Gasteiger partial charge in [-0.05, 0) is 49.7 Å². The summed E-state index contributed by atoms with van der Waals surface area (Å²) in [7, 11) is 1.72. The maximum Gasteiger partial charge on any atom is 0.141 e. The highest BCUT2D eigenvalue weighted by atomic mass is 35.5. The standard InChI is InChI=1S/C16H15ClF3N/c1-21-11(7-10-5-6-16(20)13(17)8-10)9-12-14(18)3-2-4-15(12)19/h2-6,8,11,21H,7,9H2,1H3. The fourth-order valence-corrected chi connectivity index (χ4v) is 2.40. The van der Waals surface area contributed by atoms with Crippen LogP contribution in [0, 0.1) is 17.5 Å². The SMILES string of the molecule is CNC(Cc1ccc(F)c(Cl)c1)Cc1c(F)cccc1F. The van der Waals surface area contributed by atoms with Crippen molar-refractivity contribution in [2.75, 3.05) is 7.05 Å². The highest BCUT2D eigenvalue weighted by molar-refractivity contribution is 6.30. The number of benzene rings is 2. The van der Waals surface area contributed by atoms with Gasteiger partial charge in [0.1, 0.15) is 17.5 Å². The van der Waals surface area contributed by atoms with E-state index < -0.39 is 17.5 Å². The van der Waals surface area contributed by atoms with Gasteiger partial charge >= 0.3 is 0 Å². The lowest BCUT2D eigenvalue weighted by Crippen LogP contribution is -2.30. The van der Waals surface area contributed by atoms with Crippen molar-refractivity contribution in [2.24, 2.45) is 0 Å². The van der Waals surface area contributed by atoms with Crippen LogP contribution < -0.4 is 5.32 Å². The summed E-state index contributed by atoms with van der Waals surface area (Å²) < 4.78 is 40.5. The van der Waals surface area contributed by atoms with Gasteiger partial charge in [0.05, 0.1) is 5.02 Å². The monoisotopic (exact) mass is 313 g/mol.